The summed E-state index contributed by atoms with van der Waals surface area (Å²) >= 11 is 0. The molecule has 0 spiro atoms. The summed E-state index contributed by atoms with van der Waals surface area (Å²) in [5.74, 6) is -0.379. The van der Waals surface area contributed by atoms with Crippen LogP contribution < -0.4 is 5.32 Å². The Morgan fingerprint density at radius 1 is 1.62 bits per heavy atom. The number of nitrogens with one attached hydrogen (secondary N) is 1. The molecule has 0 bridgehead atoms. The molecule has 0 aromatic carbocycles. The molecule has 1 N–H and O–H groups in total. The monoisotopic (exact) mass is 180 g/mol. The van der Waals surface area contributed by atoms with Gasteiger partial charge in [-0.1, -0.05) is 6.07 Å². The number of nitrogens with zero attached hydrogens (tertiary/aromatic N) is 1. The second-order valence-corrected chi connectivity index (χ2v) is 2.45. The molecule has 0 saturated heterocycles. The minimum atomic E-state index is -0.379. The first-order valence-electron chi connectivity index (χ1n) is 4.07. The molecule has 0 aliphatic heterocycles. The lowest BCUT2D eigenvalue weighted by atomic mass is 10.3. The zero-order valence-electron chi connectivity index (χ0n) is 7.49. The average Bonchev–Trinajstić information content (AvgIpc) is 2.19. The fourth-order valence-corrected chi connectivity index (χ4v) is 0.803. The fraction of sp³-hybridized carbons (Fsp3) is 0.333. The van der Waals surface area contributed by atoms with E-state index >= 15 is 0 Å². The SMILES string of the molecule is CNCCOC(=O)c1ccccn1. The first-order valence-corrected chi connectivity index (χ1v) is 4.07. The molecular weight excluding hydrogens is 168 g/mol. The van der Waals surface area contributed by atoms with Crippen LogP contribution in [0.1, 0.15) is 10.5 Å². The van der Waals surface area contributed by atoms with Crippen LogP contribution in [0.15, 0.2) is 24.4 Å². The molecule has 0 unspecified atom stereocenters. The van der Waals surface area contributed by atoms with Gasteiger partial charge < -0.3 is 10.1 Å². The van der Waals surface area contributed by atoms with E-state index in [1.54, 1.807) is 31.4 Å². The van der Waals surface area contributed by atoms with E-state index in [0.29, 0.717) is 18.8 Å². The molecule has 0 aliphatic rings. The normalized spacial score (nSPS) is 9.62. The molecule has 0 atom stereocenters. The summed E-state index contributed by atoms with van der Waals surface area (Å²) in [5.41, 5.74) is 0.346. The predicted molar refractivity (Wildman–Crippen MR) is 48.4 cm³/mol. The average molecular weight is 180 g/mol. The summed E-state index contributed by atoms with van der Waals surface area (Å²) in [4.78, 5) is 15.1. The van der Waals surface area contributed by atoms with Crippen LogP contribution in [0.2, 0.25) is 0 Å². The number of hydrogen-bond acceptors (Lipinski definition) is 4. The zero-order valence-corrected chi connectivity index (χ0v) is 7.49. The van der Waals surface area contributed by atoms with Crippen LogP contribution in [-0.4, -0.2) is 31.2 Å². The van der Waals surface area contributed by atoms with Crippen molar-refractivity contribution in [3.05, 3.63) is 30.1 Å². The Hall–Kier alpha value is -1.42. The molecule has 70 valence electrons. The molecule has 1 heterocycles. The Morgan fingerprint density at radius 3 is 3.08 bits per heavy atom. The van der Waals surface area contributed by atoms with Gasteiger partial charge in [0.1, 0.15) is 12.3 Å². The number of rotatable bonds is 4. The first kappa shape index (κ1) is 9.67. The van der Waals surface area contributed by atoms with Gasteiger partial charge in [0.25, 0.3) is 0 Å². The Balaban J connectivity index is 2.40. The molecule has 4 nitrogen and oxygen atoms in total. The van der Waals surface area contributed by atoms with Crippen LogP contribution in [0.4, 0.5) is 0 Å². The number of aromatic nitrogens is 1. The number of ether oxygens (including phenoxy) is 1. The molecule has 0 radical (unpaired) electrons. The molecule has 1 aromatic rings. The molecule has 13 heavy (non-hydrogen) atoms. The van der Waals surface area contributed by atoms with Gasteiger partial charge in [-0.3, -0.25) is 0 Å². The van der Waals surface area contributed by atoms with Crippen molar-refractivity contribution in [1.29, 1.82) is 0 Å². The van der Waals surface area contributed by atoms with E-state index in [9.17, 15) is 4.79 Å². The van der Waals surface area contributed by atoms with Gasteiger partial charge in [-0.15, -0.1) is 0 Å². The largest absolute Gasteiger partial charge is 0.460 e. The summed E-state index contributed by atoms with van der Waals surface area (Å²) in [7, 11) is 1.80. The second kappa shape index (κ2) is 5.27. The van der Waals surface area contributed by atoms with E-state index < -0.39 is 0 Å². The van der Waals surface area contributed by atoms with E-state index in [1.807, 2.05) is 0 Å². The quantitative estimate of drug-likeness (QED) is 0.540. The van der Waals surface area contributed by atoms with Gasteiger partial charge in [0.2, 0.25) is 0 Å². The third kappa shape index (κ3) is 3.21. The highest BCUT2D eigenvalue weighted by atomic mass is 16.5. The molecule has 0 fully saturated rings. The van der Waals surface area contributed by atoms with E-state index in [2.05, 4.69) is 10.3 Å². The minimum Gasteiger partial charge on any atom is -0.460 e. The van der Waals surface area contributed by atoms with Gasteiger partial charge in [-0.05, 0) is 19.2 Å². The van der Waals surface area contributed by atoms with Crippen LogP contribution in [0.5, 0.6) is 0 Å². The van der Waals surface area contributed by atoms with E-state index in [0.717, 1.165) is 0 Å². The van der Waals surface area contributed by atoms with E-state index in [1.165, 1.54) is 0 Å². The number of pyridine rings is 1. The van der Waals surface area contributed by atoms with Crippen LogP contribution in [0.25, 0.3) is 0 Å². The molecule has 0 aliphatic carbocycles. The highest BCUT2D eigenvalue weighted by molar-refractivity contribution is 5.87. The summed E-state index contributed by atoms with van der Waals surface area (Å²) in [6.07, 6.45) is 1.56. The van der Waals surface area contributed by atoms with Gasteiger partial charge in [-0.25, -0.2) is 9.78 Å². The Labute approximate surface area is 76.9 Å². The zero-order chi connectivity index (χ0) is 9.52. The Morgan fingerprint density at radius 2 is 2.46 bits per heavy atom. The minimum absolute atomic E-state index is 0.346. The number of carbonyl (C=O) groups is 1. The van der Waals surface area contributed by atoms with Crippen LogP contribution in [0.3, 0.4) is 0 Å². The number of esters is 1. The third-order valence-electron chi connectivity index (χ3n) is 1.46. The Kier molecular flexibility index (Phi) is 3.92. The number of hydrogen-bond donors (Lipinski definition) is 1. The van der Waals surface area contributed by atoms with Gasteiger partial charge >= 0.3 is 5.97 Å². The van der Waals surface area contributed by atoms with Crippen molar-refractivity contribution < 1.29 is 9.53 Å². The maximum absolute atomic E-state index is 11.2. The lowest BCUT2D eigenvalue weighted by molar-refractivity contribution is 0.0503. The van der Waals surface area contributed by atoms with Crippen LogP contribution in [-0.2, 0) is 4.74 Å². The summed E-state index contributed by atoms with van der Waals surface area (Å²) in [6.45, 7) is 1.02. The molecular formula is C9H12N2O2. The molecule has 0 saturated carbocycles. The van der Waals surface area contributed by atoms with Crippen molar-refractivity contribution in [3.63, 3.8) is 0 Å². The lowest BCUT2D eigenvalue weighted by Gasteiger charge is -2.02. The van der Waals surface area contributed by atoms with Crippen molar-refractivity contribution in [3.8, 4) is 0 Å². The van der Waals surface area contributed by atoms with E-state index in [4.69, 9.17) is 4.74 Å². The predicted octanol–water partition coefficient (Wildman–Crippen LogP) is 0.458. The molecule has 1 aromatic heterocycles. The van der Waals surface area contributed by atoms with Crippen molar-refractivity contribution in [2.75, 3.05) is 20.2 Å². The maximum Gasteiger partial charge on any atom is 0.356 e. The first-order chi connectivity index (χ1) is 6.34. The highest BCUT2D eigenvalue weighted by Gasteiger charge is 2.05. The maximum atomic E-state index is 11.2. The summed E-state index contributed by atoms with van der Waals surface area (Å²) < 4.78 is 4.90. The van der Waals surface area contributed by atoms with Crippen molar-refractivity contribution >= 4 is 5.97 Å². The fourth-order valence-electron chi connectivity index (χ4n) is 0.803. The lowest BCUT2D eigenvalue weighted by Crippen LogP contribution is -2.17. The molecule has 4 heteroatoms. The van der Waals surface area contributed by atoms with Gasteiger partial charge in [0.05, 0.1) is 0 Å². The smallest absolute Gasteiger partial charge is 0.356 e. The van der Waals surface area contributed by atoms with Crippen molar-refractivity contribution in [1.82, 2.24) is 10.3 Å². The highest BCUT2D eigenvalue weighted by Crippen LogP contribution is 1.95. The molecule has 0 amide bonds. The topological polar surface area (TPSA) is 51.2 Å². The molecule has 1 rings (SSSR count). The van der Waals surface area contributed by atoms with Gasteiger partial charge in [0.15, 0.2) is 0 Å². The summed E-state index contributed by atoms with van der Waals surface area (Å²) in [6, 6.07) is 5.13. The second-order valence-electron chi connectivity index (χ2n) is 2.45. The number of likely N-dealkylation sites (N-methyl/N-ethyl adjacent to an activating group) is 1. The van der Waals surface area contributed by atoms with Crippen molar-refractivity contribution in [2.45, 2.75) is 0 Å². The van der Waals surface area contributed by atoms with E-state index in [-0.39, 0.29) is 5.97 Å². The Bertz CT molecular complexity index is 262. The van der Waals surface area contributed by atoms with Gasteiger partial charge in [0, 0.05) is 12.7 Å². The number of carbonyl (C=O) groups excluding carboxylic acids is 1. The summed E-state index contributed by atoms with van der Waals surface area (Å²) in [5, 5.41) is 2.88. The standard InChI is InChI=1S/C9H12N2O2/c1-10-6-7-13-9(12)8-4-2-3-5-11-8/h2-5,10H,6-7H2,1H3. The van der Waals surface area contributed by atoms with Crippen LogP contribution >= 0.6 is 0 Å². The van der Waals surface area contributed by atoms with Gasteiger partial charge in [-0.2, -0.15) is 0 Å². The van der Waals surface area contributed by atoms with Crippen molar-refractivity contribution in [2.24, 2.45) is 0 Å². The third-order valence-corrected chi connectivity index (χ3v) is 1.46. The van der Waals surface area contributed by atoms with Crippen LogP contribution in [0, 0.1) is 0 Å².